The molecule has 0 heterocycles. The molecule has 0 aliphatic rings. The van der Waals surface area contributed by atoms with Gasteiger partial charge in [0, 0.05) is 6.42 Å². The zero-order valence-corrected chi connectivity index (χ0v) is 28.7. The number of hydrogen-bond acceptors (Lipinski definition) is 3. The van der Waals surface area contributed by atoms with Gasteiger partial charge in [0.15, 0.2) is 0 Å². The number of carbonyl (C=O) groups is 1. The minimum Gasteiger partial charge on any atom is -0.394 e. The lowest BCUT2D eigenvalue weighted by Gasteiger charge is -2.19. The Bertz CT molecular complexity index is 657. The van der Waals surface area contributed by atoms with Crippen LogP contribution in [-0.4, -0.2) is 34.9 Å². The Labute approximate surface area is 268 Å². The summed E-state index contributed by atoms with van der Waals surface area (Å²) < 4.78 is 0. The third kappa shape index (κ3) is 31.8. The molecule has 43 heavy (non-hydrogen) atoms. The van der Waals surface area contributed by atoms with Crippen LogP contribution in [-0.2, 0) is 4.79 Å². The van der Waals surface area contributed by atoms with Gasteiger partial charge in [-0.2, -0.15) is 0 Å². The van der Waals surface area contributed by atoms with Gasteiger partial charge in [0.25, 0.3) is 0 Å². The highest BCUT2D eigenvalue weighted by atomic mass is 16.3. The van der Waals surface area contributed by atoms with E-state index in [4.69, 9.17) is 0 Å². The highest BCUT2D eigenvalue weighted by molar-refractivity contribution is 5.76. The van der Waals surface area contributed by atoms with Crippen molar-refractivity contribution < 1.29 is 15.0 Å². The van der Waals surface area contributed by atoms with Crippen molar-refractivity contribution in [3.05, 3.63) is 36.5 Å². The van der Waals surface area contributed by atoms with Crippen molar-refractivity contribution in [2.75, 3.05) is 6.61 Å². The predicted octanol–water partition coefficient (Wildman–Crippen LogP) is 11.1. The molecule has 0 bridgehead atoms. The quantitative estimate of drug-likeness (QED) is 0.0516. The monoisotopic (exact) mass is 604 g/mol. The lowest BCUT2D eigenvalue weighted by atomic mass is 10.0. The van der Waals surface area contributed by atoms with Crippen LogP contribution >= 0.6 is 0 Å². The standard InChI is InChI=1S/C39H73NO3/c1-3-5-7-9-11-13-15-17-18-19-20-21-22-23-25-27-29-31-33-35-39(43)40-37(36-41)38(42)34-32-30-28-26-24-16-14-12-10-8-6-4-2/h17-18,24,26,32,34,37-38,41-42H,3-16,19-23,25,27-31,33,35-36H2,1-2H3,(H,40,43)/b18-17-,26-24+,34-32+. The Balaban J connectivity index is 3.63. The van der Waals surface area contributed by atoms with Gasteiger partial charge in [0.05, 0.1) is 18.8 Å². The summed E-state index contributed by atoms with van der Waals surface area (Å²) in [5.41, 5.74) is 0. The van der Waals surface area contributed by atoms with Crippen molar-refractivity contribution in [2.45, 2.75) is 199 Å². The van der Waals surface area contributed by atoms with Gasteiger partial charge in [-0.25, -0.2) is 0 Å². The highest BCUT2D eigenvalue weighted by Gasteiger charge is 2.17. The van der Waals surface area contributed by atoms with Crippen molar-refractivity contribution in [1.29, 1.82) is 0 Å². The molecule has 252 valence electrons. The smallest absolute Gasteiger partial charge is 0.220 e. The molecule has 4 heteroatoms. The van der Waals surface area contributed by atoms with Gasteiger partial charge in [-0.05, 0) is 57.8 Å². The second kappa shape index (κ2) is 35.1. The van der Waals surface area contributed by atoms with Gasteiger partial charge in [-0.3, -0.25) is 4.79 Å². The molecule has 0 fully saturated rings. The predicted molar refractivity (Wildman–Crippen MR) is 188 cm³/mol. The van der Waals surface area contributed by atoms with Gasteiger partial charge in [0.2, 0.25) is 5.91 Å². The first-order valence-electron chi connectivity index (χ1n) is 18.7. The van der Waals surface area contributed by atoms with E-state index in [0.717, 1.165) is 32.1 Å². The summed E-state index contributed by atoms with van der Waals surface area (Å²) in [4.78, 5) is 12.3. The Kier molecular flexibility index (Phi) is 34.0. The number of amides is 1. The lowest BCUT2D eigenvalue weighted by molar-refractivity contribution is -0.123. The zero-order chi connectivity index (χ0) is 31.5. The molecular weight excluding hydrogens is 530 g/mol. The molecular formula is C39H73NO3. The van der Waals surface area contributed by atoms with Gasteiger partial charge in [-0.15, -0.1) is 0 Å². The fraction of sp³-hybridized carbons (Fsp3) is 0.821. The maximum absolute atomic E-state index is 12.3. The van der Waals surface area contributed by atoms with Crippen LogP contribution in [0, 0.1) is 0 Å². The van der Waals surface area contributed by atoms with Gasteiger partial charge < -0.3 is 15.5 Å². The van der Waals surface area contributed by atoms with Crippen LogP contribution < -0.4 is 5.32 Å². The van der Waals surface area contributed by atoms with E-state index in [2.05, 4.69) is 43.5 Å². The lowest BCUT2D eigenvalue weighted by Crippen LogP contribution is -2.45. The van der Waals surface area contributed by atoms with E-state index in [0.29, 0.717) is 6.42 Å². The summed E-state index contributed by atoms with van der Waals surface area (Å²) >= 11 is 0. The second-order valence-corrected chi connectivity index (χ2v) is 12.6. The Hall–Kier alpha value is -1.39. The van der Waals surface area contributed by atoms with Crippen LogP contribution in [0.4, 0.5) is 0 Å². The Morgan fingerprint density at radius 1 is 0.535 bits per heavy atom. The molecule has 1 amide bonds. The number of carbonyl (C=O) groups excluding carboxylic acids is 1. The van der Waals surface area contributed by atoms with Gasteiger partial charge in [0.1, 0.15) is 0 Å². The summed E-state index contributed by atoms with van der Waals surface area (Å²) in [6.07, 6.45) is 45.2. The largest absolute Gasteiger partial charge is 0.394 e. The first-order valence-corrected chi connectivity index (χ1v) is 18.7. The fourth-order valence-corrected chi connectivity index (χ4v) is 5.42. The molecule has 0 spiro atoms. The number of unbranched alkanes of at least 4 members (excludes halogenated alkanes) is 22. The molecule has 0 aromatic rings. The zero-order valence-electron chi connectivity index (χ0n) is 28.7. The van der Waals surface area contributed by atoms with Crippen molar-refractivity contribution in [3.63, 3.8) is 0 Å². The molecule has 2 unspecified atom stereocenters. The highest BCUT2D eigenvalue weighted by Crippen LogP contribution is 2.13. The van der Waals surface area contributed by atoms with Gasteiger partial charge >= 0.3 is 0 Å². The maximum atomic E-state index is 12.3. The number of rotatable bonds is 33. The van der Waals surface area contributed by atoms with E-state index < -0.39 is 12.1 Å². The molecule has 0 aromatic heterocycles. The SMILES string of the molecule is CCCCCCCC/C=C\CCCCCCCCCCCC(=O)NC(CO)C(O)/C=C/CC/C=C/CCCCCCCC. The van der Waals surface area contributed by atoms with Crippen molar-refractivity contribution in [1.82, 2.24) is 5.32 Å². The molecule has 0 rings (SSSR count). The number of nitrogens with one attached hydrogen (secondary N) is 1. The minimum absolute atomic E-state index is 0.0786. The van der Waals surface area contributed by atoms with E-state index in [1.54, 1.807) is 6.08 Å². The maximum Gasteiger partial charge on any atom is 0.220 e. The van der Waals surface area contributed by atoms with Crippen molar-refractivity contribution >= 4 is 5.91 Å². The third-order valence-electron chi connectivity index (χ3n) is 8.35. The van der Waals surface area contributed by atoms with E-state index in [1.165, 1.54) is 135 Å². The molecule has 2 atom stereocenters. The molecule has 0 aromatic carbocycles. The molecule has 0 aliphatic heterocycles. The van der Waals surface area contributed by atoms with E-state index in [9.17, 15) is 15.0 Å². The number of hydrogen-bond donors (Lipinski definition) is 3. The molecule has 0 aliphatic carbocycles. The normalized spacial score (nSPS) is 13.5. The summed E-state index contributed by atoms with van der Waals surface area (Å²) in [7, 11) is 0. The van der Waals surface area contributed by atoms with Crippen molar-refractivity contribution in [3.8, 4) is 0 Å². The summed E-state index contributed by atoms with van der Waals surface area (Å²) in [6, 6.07) is -0.636. The van der Waals surface area contributed by atoms with Crippen LogP contribution in [0.3, 0.4) is 0 Å². The van der Waals surface area contributed by atoms with Gasteiger partial charge in [-0.1, -0.05) is 159 Å². The van der Waals surface area contributed by atoms with E-state index in [-0.39, 0.29) is 12.5 Å². The van der Waals surface area contributed by atoms with Crippen LogP contribution in [0.5, 0.6) is 0 Å². The average molecular weight is 604 g/mol. The first-order chi connectivity index (χ1) is 21.2. The second-order valence-electron chi connectivity index (χ2n) is 12.6. The topological polar surface area (TPSA) is 69.6 Å². The van der Waals surface area contributed by atoms with Crippen LogP contribution in [0.25, 0.3) is 0 Å². The Morgan fingerprint density at radius 2 is 0.907 bits per heavy atom. The average Bonchev–Trinajstić information content (AvgIpc) is 3.01. The number of aliphatic hydroxyl groups is 2. The van der Waals surface area contributed by atoms with E-state index >= 15 is 0 Å². The summed E-state index contributed by atoms with van der Waals surface area (Å²) in [5.74, 6) is -0.0786. The Morgan fingerprint density at radius 3 is 1.35 bits per heavy atom. The minimum atomic E-state index is -0.859. The summed E-state index contributed by atoms with van der Waals surface area (Å²) in [6.45, 7) is 4.26. The van der Waals surface area contributed by atoms with E-state index in [1.807, 2.05) is 6.08 Å². The van der Waals surface area contributed by atoms with Crippen LogP contribution in [0.15, 0.2) is 36.5 Å². The molecule has 0 saturated heterocycles. The third-order valence-corrected chi connectivity index (χ3v) is 8.35. The first kappa shape index (κ1) is 41.6. The summed E-state index contributed by atoms with van der Waals surface area (Å²) in [5, 5.41) is 22.8. The van der Waals surface area contributed by atoms with Crippen LogP contribution in [0.2, 0.25) is 0 Å². The molecule has 0 saturated carbocycles. The molecule has 3 N–H and O–H groups in total. The van der Waals surface area contributed by atoms with Crippen molar-refractivity contribution in [2.24, 2.45) is 0 Å². The number of allylic oxidation sites excluding steroid dienone is 5. The molecule has 0 radical (unpaired) electrons. The number of aliphatic hydroxyl groups excluding tert-OH is 2. The fourth-order valence-electron chi connectivity index (χ4n) is 5.42. The molecule has 4 nitrogen and oxygen atoms in total. The van der Waals surface area contributed by atoms with Crippen LogP contribution in [0.1, 0.15) is 187 Å².